The number of nitrogens with one attached hydrogen (secondary N) is 2. The van der Waals surface area contributed by atoms with Crippen LogP contribution in [0, 0.1) is 0 Å². The van der Waals surface area contributed by atoms with Crippen LogP contribution < -0.4 is 10.6 Å². The topological polar surface area (TPSA) is 33.3 Å². The first-order valence-corrected chi connectivity index (χ1v) is 7.00. The number of thioether (sulfide) groups is 1. The van der Waals surface area contributed by atoms with E-state index in [2.05, 4.69) is 10.6 Å². The first-order chi connectivity index (χ1) is 7.33. The normalized spacial score (nSPS) is 21.0. The van der Waals surface area contributed by atoms with Crippen LogP contribution in [0.3, 0.4) is 0 Å². The molecule has 0 radical (unpaired) electrons. The quantitative estimate of drug-likeness (QED) is 0.567. The molecule has 1 heterocycles. The lowest BCUT2D eigenvalue weighted by molar-refractivity contribution is 0.195. The SMILES string of the molecule is COCCCNC(=S)NC1CCCSC1. The maximum Gasteiger partial charge on any atom is 0.166 e. The molecule has 0 amide bonds. The first-order valence-electron chi connectivity index (χ1n) is 5.44. The molecule has 15 heavy (non-hydrogen) atoms. The van der Waals surface area contributed by atoms with Gasteiger partial charge in [-0.3, -0.25) is 0 Å². The van der Waals surface area contributed by atoms with E-state index in [0.717, 1.165) is 24.7 Å². The van der Waals surface area contributed by atoms with Crippen LogP contribution in [0.2, 0.25) is 0 Å². The van der Waals surface area contributed by atoms with Gasteiger partial charge < -0.3 is 15.4 Å². The average Bonchev–Trinajstić information content (AvgIpc) is 2.26. The Morgan fingerprint density at radius 1 is 1.60 bits per heavy atom. The van der Waals surface area contributed by atoms with Crippen molar-refractivity contribution in [2.24, 2.45) is 0 Å². The smallest absolute Gasteiger partial charge is 0.166 e. The van der Waals surface area contributed by atoms with Gasteiger partial charge in [-0.15, -0.1) is 0 Å². The van der Waals surface area contributed by atoms with Crippen molar-refractivity contribution in [3.05, 3.63) is 0 Å². The Kier molecular flexibility index (Phi) is 7.13. The molecular formula is C10H20N2OS2. The summed E-state index contributed by atoms with van der Waals surface area (Å²) in [5, 5.41) is 7.34. The van der Waals surface area contributed by atoms with Crippen LogP contribution in [0.25, 0.3) is 0 Å². The van der Waals surface area contributed by atoms with E-state index < -0.39 is 0 Å². The van der Waals surface area contributed by atoms with Crippen molar-refractivity contribution in [2.45, 2.75) is 25.3 Å². The summed E-state index contributed by atoms with van der Waals surface area (Å²) in [6.07, 6.45) is 3.54. The van der Waals surface area contributed by atoms with Gasteiger partial charge >= 0.3 is 0 Å². The molecule has 1 aliphatic rings. The summed E-state index contributed by atoms with van der Waals surface area (Å²) in [6.45, 7) is 1.68. The fourth-order valence-corrected chi connectivity index (χ4v) is 2.85. The molecule has 1 atom stereocenters. The van der Waals surface area contributed by atoms with Gasteiger partial charge in [-0.05, 0) is 37.2 Å². The van der Waals surface area contributed by atoms with Gasteiger partial charge in [-0.1, -0.05) is 0 Å². The molecule has 0 aromatic heterocycles. The first kappa shape index (κ1) is 13.1. The highest BCUT2D eigenvalue weighted by Crippen LogP contribution is 2.16. The van der Waals surface area contributed by atoms with Gasteiger partial charge in [0.1, 0.15) is 0 Å². The maximum absolute atomic E-state index is 5.21. The molecule has 1 unspecified atom stereocenters. The average molecular weight is 248 g/mol. The predicted octanol–water partition coefficient (Wildman–Crippen LogP) is 1.38. The largest absolute Gasteiger partial charge is 0.385 e. The van der Waals surface area contributed by atoms with Crippen LogP contribution in [0.5, 0.6) is 0 Å². The Labute approximate surface area is 102 Å². The summed E-state index contributed by atoms with van der Waals surface area (Å²) in [5.74, 6) is 2.48. The van der Waals surface area contributed by atoms with E-state index in [9.17, 15) is 0 Å². The van der Waals surface area contributed by atoms with Gasteiger partial charge in [0.2, 0.25) is 0 Å². The van der Waals surface area contributed by atoms with E-state index in [1.165, 1.54) is 24.3 Å². The van der Waals surface area contributed by atoms with Gasteiger partial charge in [0.15, 0.2) is 5.11 Å². The third-order valence-corrected chi connectivity index (χ3v) is 3.78. The Morgan fingerprint density at radius 2 is 2.47 bits per heavy atom. The fourth-order valence-electron chi connectivity index (χ4n) is 1.51. The van der Waals surface area contributed by atoms with E-state index in [1.54, 1.807) is 7.11 Å². The maximum atomic E-state index is 5.21. The van der Waals surface area contributed by atoms with E-state index in [0.29, 0.717) is 6.04 Å². The summed E-state index contributed by atoms with van der Waals surface area (Å²) in [4.78, 5) is 0. The highest BCUT2D eigenvalue weighted by atomic mass is 32.2. The fraction of sp³-hybridized carbons (Fsp3) is 0.900. The highest BCUT2D eigenvalue weighted by Gasteiger charge is 2.13. The molecule has 2 N–H and O–H groups in total. The zero-order valence-corrected chi connectivity index (χ0v) is 10.9. The molecule has 1 fully saturated rings. The van der Waals surface area contributed by atoms with E-state index in [4.69, 9.17) is 17.0 Å². The summed E-state index contributed by atoms with van der Waals surface area (Å²) in [7, 11) is 1.72. The van der Waals surface area contributed by atoms with Gasteiger partial charge in [0, 0.05) is 32.1 Å². The van der Waals surface area contributed by atoms with Crippen LogP contribution in [0.1, 0.15) is 19.3 Å². The molecule has 88 valence electrons. The van der Waals surface area contributed by atoms with Crippen molar-refractivity contribution >= 4 is 29.1 Å². The van der Waals surface area contributed by atoms with Crippen LogP contribution in [0.4, 0.5) is 0 Å². The summed E-state index contributed by atoms with van der Waals surface area (Å²) in [5.41, 5.74) is 0. The minimum absolute atomic E-state index is 0.561. The van der Waals surface area contributed by atoms with Crippen LogP contribution in [0.15, 0.2) is 0 Å². The van der Waals surface area contributed by atoms with Crippen LogP contribution in [-0.2, 0) is 4.74 Å². The molecule has 1 aliphatic heterocycles. The molecule has 0 spiro atoms. The van der Waals surface area contributed by atoms with E-state index in [-0.39, 0.29) is 0 Å². The zero-order chi connectivity index (χ0) is 10.9. The predicted molar refractivity (Wildman–Crippen MR) is 70.6 cm³/mol. The molecule has 1 rings (SSSR count). The highest BCUT2D eigenvalue weighted by molar-refractivity contribution is 7.99. The van der Waals surface area contributed by atoms with Crippen LogP contribution >= 0.6 is 24.0 Å². The lowest BCUT2D eigenvalue weighted by Crippen LogP contribution is -2.44. The second-order valence-electron chi connectivity index (χ2n) is 3.66. The van der Waals surface area contributed by atoms with Crippen molar-refractivity contribution in [3.8, 4) is 0 Å². The molecule has 0 saturated carbocycles. The lowest BCUT2D eigenvalue weighted by Gasteiger charge is -2.24. The van der Waals surface area contributed by atoms with Crippen LogP contribution in [-0.4, -0.2) is 42.9 Å². The van der Waals surface area contributed by atoms with Crippen molar-refractivity contribution in [1.82, 2.24) is 10.6 Å². The number of rotatable bonds is 5. The third-order valence-electron chi connectivity index (χ3n) is 2.31. The van der Waals surface area contributed by atoms with Gasteiger partial charge in [-0.25, -0.2) is 0 Å². The van der Waals surface area contributed by atoms with E-state index in [1.807, 2.05) is 11.8 Å². The van der Waals surface area contributed by atoms with Crippen molar-refractivity contribution in [3.63, 3.8) is 0 Å². The molecule has 3 nitrogen and oxygen atoms in total. The minimum atomic E-state index is 0.561. The lowest BCUT2D eigenvalue weighted by atomic mass is 10.2. The Bertz CT molecular complexity index is 184. The van der Waals surface area contributed by atoms with Gasteiger partial charge in [-0.2, -0.15) is 11.8 Å². The standard InChI is InChI=1S/C10H20N2OS2/c1-13-6-3-5-11-10(14)12-9-4-2-7-15-8-9/h9H,2-8H2,1H3,(H2,11,12,14). The number of hydrogen-bond acceptors (Lipinski definition) is 3. The molecule has 1 saturated heterocycles. The summed E-state index contributed by atoms with van der Waals surface area (Å²) < 4.78 is 4.97. The monoisotopic (exact) mass is 248 g/mol. The zero-order valence-electron chi connectivity index (χ0n) is 9.25. The number of methoxy groups -OCH3 is 1. The molecular weight excluding hydrogens is 228 g/mol. The second-order valence-corrected chi connectivity index (χ2v) is 5.22. The third kappa shape index (κ3) is 6.22. The Balaban J connectivity index is 2.01. The molecule has 0 aromatic rings. The van der Waals surface area contributed by atoms with Crippen molar-refractivity contribution < 1.29 is 4.74 Å². The number of hydrogen-bond donors (Lipinski definition) is 2. The second kappa shape index (κ2) is 8.19. The van der Waals surface area contributed by atoms with Gasteiger partial charge in [0.05, 0.1) is 0 Å². The van der Waals surface area contributed by atoms with Gasteiger partial charge in [0.25, 0.3) is 0 Å². The molecule has 0 aromatic carbocycles. The van der Waals surface area contributed by atoms with Crippen molar-refractivity contribution in [2.75, 3.05) is 31.8 Å². The summed E-state index contributed by atoms with van der Waals surface area (Å²) >= 11 is 7.22. The van der Waals surface area contributed by atoms with E-state index >= 15 is 0 Å². The molecule has 0 bridgehead atoms. The van der Waals surface area contributed by atoms with Crippen molar-refractivity contribution in [1.29, 1.82) is 0 Å². The number of ether oxygens (including phenoxy) is 1. The Morgan fingerprint density at radius 3 is 3.13 bits per heavy atom. The molecule has 0 aliphatic carbocycles. The summed E-state index contributed by atoms with van der Waals surface area (Å²) in [6, 6.07) is 0.561. The number of thiocarbonyl (C=S) groups is 1. The molecule has 5 heteroatoms. The minimum Gasteiger partial charge on any atom is -0.385 e. The Hall–Kier alpha value is 0.